The van der Waals surface area contributed by atoms with Crippen LogP contribution in [-0.2, 0) is 11.3 Å². The number of thioether (sulfide) groups is 1. The number of alkyl halides is 3. The number of carbonyl (C=O) groups is 1. The molecular weight excluding hydrogens is 527 g/mol. The molecule has 0 bridgehead atoms. The molecular formula is C27H30F3N7OS. The standard InChI is InChI=1S/C27H30F3N7OS/c1-14(2)22-25(35-16(4)21-15(3)33-13-34-23(21)18-7-8-18)37(17(5)27(28,29)30)26(38)24(36-22)32-11-19-9-10-20(39-6)12-31-19/h9-10,12-13,17-18H,4,7-8,11H2,1-3,5-6H3,(H,32,36)/b35-25+/t17-/m0/s1. The van der Waals surface area contributed by atoms with Crippen LogP contribution in [0.15, 0.2) is 57.4 Å². The van der Waals surface area contributed by atoms with Gasteiger partial charge in [0, 0.05) is 22.6 Å². The molecule has 206 valence electrons. The van der Waals surface area contributed by atoms with Crippen molar-refractivity contribution in [3.05, 3.63) is 65.2 Å². The van der Waals surface area contributed by atoms with E-state index in [1.54, 1.807) is 33.0 Å². The Morgan fingerprint density at radius 3 is 2.54 bits per heavy atom. The van der Waals surface area contributed by atoms with Crippen LogP contribution in [0.5, 0.6) is 0 Å². The topological polar surface area (TPSA) is 95.7 Å². The lowest BCUT2D eigenvalue weighted by molar-refractivity contribution is -0.173. The minimum absolute atomic E-state index is 0.105. The zero-order valence-corrected chi connectivity index (χ0v) is 23.2. The van der Waals surface area contributed by atoms with E-state index < -0.39 is 18.1 Å². The van der Waals surface area contributed by atoms with Crippen LogP contribution in [0.3, 0.4) is 0 Å². The van der Waals surface area contributed by atoms with Crippen molar-refractivity contribution < 1.29 is 18.0 Å². The van der Waals surface area contributed by atoms with Crippen LogP contribution in [0.4, 0.5) is 13.2 Å². The Hall–Kier alpha value is -3.54. The summed E-state index contributed by atoms with van der Waals surface area (Å²) in [6.07, 6.45) is 2.27. The Morgan fingerprint density at radius 1 is 1.26 bits per heavy atom. The number of halogens is 3. The van der Waals surface area contributed by atoms with Crippen LogP contribution in [0.1, 0.15) is 62.2 Å². The second-order valence-corrected chi connectivity index (χ2v) is 10.5. The molecule has 1 N–H and O–H groups in total. The van der Waals surface area contributed by atoms with E-state index in [1.165, 1.54) is 18.1 Å². The summed E-state index contributed by atoms with van der Waals surface area (Å²) in [5.41, 5.74) is 3.49. The first-order chi connectivity index (χ1) is 18.4. The maximum Gasteiger partial charge on any atom is 0.409 e. The quantitative estimate of drug-likeness (QED) is 0.457. The van der Waals surface area contributed by atoms with E-state index in [2.05, 4.69) is 36.8 Å². The first-order valence-corrected chi connectivity index (χ1v) is 13.6. The van der Waals surface area contributed by atoms with E-state index in [1.807, 2.05) is 12.3 Å². The van der Waals surface area contributed by atoms with Gasteiger partial charge in [-0.15, -0.1) is 11.8 Å². The lowest BCUT2D eigenvalue weighted by atomic mass is 10.1. The molecule has 1 aliphatic carbocycles. The molecule has 12 heteroatoms. The number of hydrogen-bond donors (Lipinski definition) is 1. The monoisotopic (exact) mass is 557 g/mol. The van der Waals surface area contributed by atoms with Crippen molar-refractivity contribution in [1.29, 1.82) is 0 Å². The van der Waals surface area contributed by atoms with Gasteiger partial charge in [0.1, 0.15) is 18.1 Å². The number of pyridine rings is 1. The number of allylic oxidation sites excluding steroid dienone is 1. The summed E-state index contributed by atoms with van der Waals surface area (Å²) in [6.45, 7) is 10.3. The normalized spacial score (nSPS) is 17.8. The van der Waals surface area contributed by atoms with Gasteiger partial charge in [-0.3, -0.25) is 14.7 Å². The maximum atomic E-state index is 14.1. The molecule has 2 aliphatic rings. The van der Waals surface area contributed by atoms with Crippen molar-refractivity contribution >= 4 is 35.0 Å². The van der Waals surface area contributed by atoms with Crippen molar-refractivity contribution in [2.24, 2.45) is 9.98 Å². The van der Waals surface area contributed by atoms with E-state index in [4.69, 9.17) is 0 Å². The van der Waals surface area contributed by atoms with E-state index in [0.29, 0.717) is 27.4 Å². The molecule has 0 unspecified atom stereocenters. The van der Waals surface area contributed by atoms with Crippen LogP contribution < -0.4 is 5.32 Å². The Labute approximate surface area is 229 Å². The minimum Gasteiger partial charge on any atom is -0.360 e. The average Bonchev–Trinajstić information content (AvgIpc) is 3.73. The van der Waals surface area contributed by atoms with Crippen LogP contribution in [0, 0.1) is 6.92 Å². The van der Waals surface area contributed by atoms with Crippen molar-refractivity contribution in [2.75, 3.05) is 6.26 Å². The highest BCUT2D eigenvalue weighted by molar-refractivity contribution is 7.98. The highest BCUT2D eigenvalue weighted by Crippen LogP contribution is 2.42. The summed E-state index contributed by atoms with van der Waals surface area (Å²) < 4.78 is 42.2. The smallest absolute Gasteiger partial charge is 0.360 e. The Morgan fingerprint density at radius 2 is 1.97 bits per heavy atom. The summed E-state index contributed by atoms with van der Waals surface area (Å²) >= 11 is 1.54. The molecule has 4 rings (SSSR count). The maximum absolute atomic E-state index is 14.1. The molecule has 8 nitrogen and oxygen atoms in total. The summed E-state index contributed by atoms with van der Waals surface area (Å²) in [5, 5.41) is 2.88. The van der Waals surface area contributed by atoms with Gasteiger partial charge < -0.3 is 5.32 Å². The van der Waals surface area contributed by atoms with Crippen LogP contribution in [0.2, 0.25) is 0 Å². The van der Waals surface area contributed by atoms with Gasteiger partial charge in [-0.25, -0.2) is 20.0 Å². The zero-order valence-electron chi connectivity index (χ0n) is 22.4. The number of aromatic nitrogens is 3. The summed E-state index contributed by atoms with van der Waals surface area (Å²) in [5.74, 6) is -1.15. The van der Waals surface area contributed by atoms with Crippen LogP contribution in [-0.4, -0.2) is 55.9 Å². The number of hydrogen-bond acceptors (Lipinski definition) is 8. The molecule has 3 heterocycles. The third-order valence-electron chi connectivity index (χ3n) is 6.45. The van der Waals surface area contributed by atoms with Crippen LogP contribution >= 0.6 is 11.8 Å². The molecule has 0 saturated heterocycles. The molecule has 1 saturated carbocycles. The molecule has 0 aromatic carbocycles. The molecule has 2 aromatic heterocycles. The highest BCUT2D eigenvalue weighted by Gasteiger charge is 2.47. The number of aliphatic imine (C=N–C) groups is 2. The molecule has 1 aliphatic heterocycles. The molecule has 0 radical (unpaired) electrons. The van der Waals surface area contributed by atoms with E-state index >= 15 is 0 Å². The van der Waals surface area contributed by atoms with Gasteiger partial charge in [0.15, 0.2) is 11.7 Å². The lowest BCUT2D eigenvalue weighted by Crippen LogP contribution is -2.57. The van der Waals surface area contributed by atoms with Gasteiger partial charge in [0.05, 0.1) is 29.3 Å². The second kappa shape index (κ2) is 11.3. The second-order valence-electron chi connectivity index (χ2n) is 9.62. The fourth-order valence-electron chi connectivity index (χ4n) is 4.11. The fraction of sp³-hybridized carbons (Fsp3) is 0.407. The molecule has 0 spiro atoms. The first kappa shape index (κ1) is 28.5. The molecule has 1 amide bonds. The van der Waals surface area contributed by atoms with Gasteiger partial charge >= 0.3 is 6.18 Å². The third-order valence-corrected chi connectivity index (χ3v) is 7.16. The van der Waals surface area contributed by atoms with E-state index in [0.717, 1.165) is 30.4 Å². The van der Waals surface area contributed by atoms with Crippen molar-refractivity contribution in [2.45, 2.75) is 70.1 Å². The minimum atomic E-state index is -4.72. The Bertz CT molecular complexity index is 1370. The Kier molecular flexibility index (Phi) is 8.24. The van der Waals surface area contributed by atoms with E-state index in [-0.39, 0.29) is 35.5 Å². The molecule has 2 aromatic rings. The highest BCUT2D eigenvalue weighted by atomic mass is 32.2. The number of carbonyl (C=O) groups excluding carboxylic acids is 1. The van der Waals surface area contributed by atoms with Crippen molar-refractivity contribution in [1.82, 2.24) is 25.2 Å². The number of nitrogens with one attached hydrogen (secondary N) is 1. The first-order valence-electron chi connectivity index (χ1n) is 12.4. The summed E-state index contributed by atoms with van der Waals surface area (Å²) in [6, 6.07) is 1.48. The molecule has 39 heavy (non-hydrogen) atoms. The largest absolute Gasteiger partial charge is 0.409 e. The summed E-state index contributed by atoms with van der Waals surface area (Å²) in [4.78, 5) is 37.1. The molecule has 1 fully saturated rings. The number of nitrogens with zero attached hydrogens (tertiary/aromatic N) is 6. The lowest BCUT2D eigenvalue weighted by Gasteiger charge is -2.35. The van der Waals surface area contributed by atoms with Gasteiger partial charge in [0.25, 0.3) is 5.91 Å². The third kappa shape index (κ3) is 6.21. The van der Waals surface area contributed by atoms with Crippen LogP contribution in [0.25, 0.3) is 5.70 Å². The van der Waals surface area contributed by atoms with Crippen molar-refractivity contribution in [3.63, 3.8) is 0 Å². The Balaban J connectivity index is 1.77. The number of aryl methyl sites for hydroxylation is 1. The SMILES string of the molecule is C=C(/N=C1\C(=C(C)C)N=C(NCc2ccc(SC)cn2)C(=O)N1[C@@H](C)C(F)(F)F)c1c(C)ncnc1C1CC1. The van der Waals surface area contributed by atoms with Gasteiger partial charge in [0.2, 0.25) is 0 Å². The summed E-state index contributed by atoms with van der Waals surface area (Å²) in [7, 11) is 0. The predicted molar refractivity (Wildman–Crippen MR) is 146 cm³/mol. The predicted octanol–water partition coefficient (Wildman–Crippen LogP) is 5.42. The van der Waals surface area contributed by atoms with E-state index in [9.17, 15) is 18.0 Å². The van der Waals surface area contributed by atoms with Gasteiger partial charge in [-0.05, 0) is 64.5 Å². The number of amidine groups is 2. The number of rotatable bonds is 7. The molecule has 1 atom stereocenters. The fourth-order valence-corrected chi connectivity index (χ4v) is 4.47. The average molecular weight is 558 g/mol. The number of amides is 1. The van der Waals surface area contributed by atoms with Crippen molar-refractivity contribution in [3.8, 4) is 0 Å². The van der Waals surface area contributed by atoms with Gasteiger partial charge in [-0.2, -0.15) is 13.2 Å². The zero-order chi connectivity index (χ0) is 28.5. The van der Waals surface area contributed by atoms with Gasteiger partial charge in [-0.1, -0.05) is 6.58 Å².